The molecule has 126 valence electrons. The molecular formula is C22H19BrFN. The second-order valence-electron chi connectivity index (χ2n) is 5.44. The van der Waals surface area contributed by atoms with Gasteiger partial charge in [0.25, 0.3) is 0 Å². The zero-order valence-electron chi connectivity index (χ0n) is 14.2. The van der Waals surface area contributed by atoms with Crippen LogP contribution in [-0.2, 0) is 0 Å². The summed E-state index contributed by atoms with van der Waals surface area (Å²) in [4.78, 5) is 3.44. The van der Waals surface area contributed by atoms with E-state index in [9.17, 15) is 4.39 Å². The normalized spacial score (nSPS) is 10.4. The van der Waals surface area contributed by atoms with Gasteiger partial charge in [-0.1, -0.05) is 72.2 Å². The van der Waals surface area contributed by atoms with Crippen LogP contribution < -0.4 is 0 Å². The summed E-state index contributed by atoms with van der Waals surface area (Å²) in [6, 6.07) is 23.1. The fourth-order valence-corrected chi connectivity index (χ4v) is 3.17. The van der Waals surface area contributed by atoms with Crippen molar-refractivity contribution in [2.45, 2.75) is 13.8 Å². The average molecular weight is 396 g/mol. The second-order valence-corrected chi connectivity index (χ2v) is 6.35. The van der Waals surface area contributed by atoms with Gasteiger partial charge < -0.3 is 4.98 Å². The molecule has 0 unspecified atom stereocenters. The first kappa shape index (κ1) is 17.4. The average Bonchev–Trinajstić information content (AvgIpc) is 3.03. The van der Waals surface area contributed by atoms with Crippen LogP contribution in [0.3, 0.4) is 0 Å². The van der Waals surface area contributed by atoms with Gasteiger partial charge in [0.05, 0.1) is 5.69 Å². The van der Waals surface area contributed by atoms with Gasteiger partial charge in [0, 0.05) is 20.9 Å². The van der Waals surface area contributed by atoms with Crippen molar-refractivity contribution in [2.24, 2.45) is 0 Å². The standard InChI is InChI=1S/C20H13BrFN.C2H6/c21-15-8-6-13(7-9-15)19-17-12-16(22)10-11-18(17)23-20(19)14-4-2-1-3-5-14;1-2/h1-12,23H;1-2H3. The van der Waals surface area contributed by atoms with Crippen LogP contribution in [0, 0.1) is 5.82 Å². The molecule has 3 aromatic carbocycles. The number of aromatic amines is 1. The van der Waals surface area contributed by atoms with Crippen molar-refractivity contribution in [1.29, 1.82) is 0 Å². The molecule has 0 atom stereocenters. The molecule has 3 heteroatoms. The molecular weight excluding hydrogens is 377 g/mol. The first-order chi connectivity index (χ1) is 12.2. The molecule has 0 saturated carbocycles. The number of aromatic nitrogens is 1. The minimum absolute atomic E-state index is 0.227. The van der Waals surface area contributed by atoms with Crippen molar-refractivity contribution in [3.63, 3.8) is 0 Å². The van der Waals surface area contributed by atoms with E-state index in [0.29, 0.717) is 0 Å². The van der Waals surface area contributed by atoms with Gasteiger partial charge in [0.1, 0.15) is 5.82 Å². The molecule has 0 bridgehead atoms. The largest absolute Gasteiger partial charge is 0.354 e. The molecule has 0 radical (unpaired) electrons. The molecule has 1 aromatic heterocycles. The third kappa shape index (κ3) is 3.52. The maximum absolute atomic E-state index is 13.8. The fourth-order valence-electron chi connectivity index (χ4n) is 2.90. The summed E-state index contributed by atoms with van der Waals surface area (Å²) >= 11 is 3.47. The number of H-pyrrole nitrogens is 1. The minimum atomic E-state index is -0.227. The lowest BCUT2D eigenvalue weighted by atomic mass is 9.98. The molecule has 0 aliphatic carbocycles. The SMILES string of the molecule is CC.Fc1ccc2[nH]c(-c3ccccc3)c(-c3ccc(Br)cc3)c2c1. The van der Waals surface area contributed by atoms with Crippen LogP contribution in [0.1, 0.15) is 13.8 Å². The predicted octanol–water partition coefficient (Wildman–Crippen LogP) is 7.43. The Labute approximate surface area is 155 Å². The van der Waals surface area contributed by atoms with Gasteiger partial charge in [-0.2, -0.15) is 0 Å². The smallest absolute Gasteiger partial charge is 0.123 e. The van der Waals surface area contributed by atoms with Crippen LogP contribution in [0.4, 0.5) is 4.39 Å². The quantitative estimate of drug-likeness (QED) is 0.363. The van der Waals surface area contributed by atoms with Crippen molar-refractivity contribution in [3.05, 3.63) is 83.1 Å². The highest BCUT2D eigenvalue weighted by Crippen LogP contribution is 2.38. The van der Waals surface area contributed by atoms with E-state index in [1.807, 2.05) is 56.3 Å². The van der Waals surface area contributed by atoms with Gasteiger partial charge in [-0.3, -0.25) is 0 Å². The molecule has 1 heterocycles. The van der Waals surface area contributed by atoms with Crippen molar-refractivity contribution in [1.82, 2.24) is 4.98 Å². The van der Waals surface area contributed by atoms with Crippen molar-refractivity contribution in [2.75, 3.05) is 0 Å². The summed E-state index contributed by atoms with van der Waals surface area (Å²) in [7, 11) is 0. The number of rotatable bonds is 2. The van der Waals surface area contributed by atoms with E-state index >= 15 is 0 Å². The van der Waals surface area contributed by atoms with E-state index in [0.717, 1.165) is 37.8 Å². The topological polar surface area (TPSA) is 15.8 Å². The maximum Gasteiger partial charge on any atom is 0.123 e. The highest BCUT2D eigenvalue weighted by Gasteiger charge is 2.15. The first-order valence-electron chi connectivity index (χ1n) is 8.35. The Morgan fingerprint density at radius 1 is 0.800 bits per heavy atom. The van der Waals surface area contributed by atoms with E-state index in [1.165, 1.54) is 6.07 Å². The van der Waals surface area contributed by atoms with E-state index < -0.39 is 0 Å². The Morgan fingerprint density at radius 3 is 2.16 bits per heavy atom. The van der Waals surface area contributed by atoms with Crippen LogP contribution >= 0.6 is 15.9 Å². The first-order valence-corrected chi connectivity index (χ1v) is 9.14. The maximum atomic E-state index is 13.8. The van der Waals surface area contributed by atoms with Gasteiger partial charge >= 0.3 is 0 Å². The highest BCUT2D eigenvalue weighted by atomic mass is 79.9. The molecule has 0 saturated heterocycles. The number of halogens is 2. The van der Waals surface area contributed by atoms with Gasteiger partial charge in [0.2, 0.25) is 0 Å². The van der Waals surface area contributed by atoms with E-state index in [2.05, 4.69) is 33.0 Å². The minimum Gasteiger partial charge on any atom is -0.354 e. The number of fused-ring (bicyclic) bond motifs is 1. The monoisotopic (exact) mass is 395 g/mol. The zero-order chi connectivity index (χ0) is 17.8. The molecule has 25 heavy (non-hydrogen) atoms. The molecule has 4 aromatic rings. The summed E-state index contributed by atoms with van der Waals surface area (Å²) in [6.07, 6.45) is 0. The van der Waals surface area contributed by atoms with E-state index in [4.69, 9.17) is 0 Å². The zero-order valence-corrected chi connectivity index (χ0v) is 15.8. The van der Waals surface area contributed by atoms with Crippen molar-refractivity contribution < 1.29 is 4.39 Å². The lowest BCUT2D eigenvalue weighted by Gasteiger charge is -2.06. The summed E-state index contributed by atoms with van der Waals surface area (Å²) in [6.45, 7) is 4.00. The van der Waals surface area contributed by atoms with Crippen molar-refractivity contribution in [3.8, 4) is 22.4 Å². The number of hydrogen-bond donors (Lipinski definition) is 1. The van der Waals surface area contributed by atoms with Gasteiger partial charge in [0.15, 0.2) is 0 Å². The Kier molecular flexibility index (Phi) is 5.34. The predicted molar refractivity (Wildman–Crippen MR) is 108 cm³/mol. The molecule has 1 N–H and O–H groups in total. The van der Waals surface area contributed by atoms with Crippen LogP contribution in [0.5, 0.6) is 0 Å². The Bertz CT molecular complexity index is 972. The molecule has 0 fully saturated rings. The summed E-state index contributed by atoms with van der Waals surface area (Å²) in [5, 5.41) is 0.895. The van der Waals surface area contributed by atoms with Crippen LogP contribution in [-0.4, -0.2) is 4.98 Å². The third-order valence-electron chi connectivity index (χ3n) is 3.96. The molecule has 0 spiro atoms. The van der Waals surface area contributed by atoms with Crippen LogP contribution in [0.2, 0.25) is 0 Å². The number of hydrogen-bond acceptors (Lipinski definition) is 0. The highest BCUT2D eigenvalue weighted by molar-refractivity contribution is 9.10. The molecule has 4 rings (SSSR count). The lowest BCUT2D eigenvalue weighted by Crippen LogP contribution is -1.82. The number of benzene rings is 3. The Balaban J connectivity index is 0.000000880. The molecule has 0 amide bonds. The lowest BCUT2D eigenvalue weighted by molar-refractivity contribution is 0.630. The van der Waals surface area contributed by atoms with Gasteiger partial charge in [-0.15, -0.1) is 0 Å². The summed E-state index contributed by atoms with van der Waals surface area (Å²) in [5.74, 6) is -0.227. The summed E-state index contributed by atoms with van der Waals surface area (Å²) in [5.41, 5.74) is 5.11. The molecule has 1 nitrogen and oxygen atoms in total. The van der Waals surface area contributed by atoms with Crippen molar-refractivity contribution >= 4 is 26.8 Å². The molecule has 0 aliphatic heterocycles. The van der Waals surface area contributed by atoms with Gasteiger partial charge in [-0.05, 0) is 41.5 Å². The van der Waals surface area contributed by atoms with Crippen LogP contribution in [0.25, 0.3) is 33.3 Å². The van der Waals surface area contributed by atoms with Crippen LogP contribution in [0.15, 0.2) is 77.3 Å². The third-order valence-corrected chi connectivity index (χ3v) is 4.48. The fraction of sp³-hybridized carbons (Fsp3) is 0.0909. The Morgan fingerprint density at radius 2 is 1.48 bits per heavy atom. The van der Waals surface area contributed by atoms with Gasteiger partial charge in [-0.25, -0.2) is 4.39 Å². The Hall–Kier alpha value is -2.39. The van der Waals surface area contributed by atoms with E-state index in [1.54, 1.807) is 12.1 Å². The van der Waals surface area contributed by atoms with E-state index in [-0.39, 0.29) is 5.82 Å². The number of nitrogens with one attached hydrogen (secondary N) is 1. The summed E-state index contributed by atoms with van der Waals surface area (Å²) < 4.78 is 14.8. The second kappa shape index (κ2) is 7.66. The molecule has 0 aliphatic rings.